The molecule has 3 N–H and O–H groups in total. The van der Waals surface area contributed by atoms with Gasteiger partial charge in [0.15, 0.2) is 0 Å². The number of carboxylic acid groups (broad SMARTS) is 1. The Balaban J connectivity index is 2.26. The van der Waals surface area contributed by atoms with Gasteiger partial charge in [-0.15, -0.1) is 0 Å². The van der Waals surface area contributed by atoms with Crippen LogP contribution in [0.1, 0.15) is 39.5 Å². The van der Waals surface area contributed by atoms with Crippen LogP contribution in [0.2, 0.25) is 0 Å². The van der Waals surface area contributed by atoms with Gasteiger partial charge in [0.25, 0.3) is 0 Å². The molecule has 0 heterocycles. The molecule has 0 bridgehead atoms. The molecule has 0 spiro atoms. The average Bonchev–Trinajstić information content (AvgIpc) is 2.37. The molecule has 0 aromatic rings. The smallest absolute Gasteiger partial charge is 0.315 e. The number of carbonyl (C=O) groups is 2. The zero-order valence-corrected chi connectivity index (χ0v) is 11.6. The Hall–Kier alpha value is -1.30. The molecule has 1 aliphatic carbocycles. The van der Waals surface area contributed by atoms with Gasteiger partial charge >= 0.3 is 12.0 Å². The second kappa shape index (κ2) is 7.99. The zero-order valence-electron chi connectivity index (χ0n) is 11.6. The molecule has 1 saturated carbocycles. The summed E-state index contributed by atoms with van der Waals surface area (Å²) in [5, 5.41) is 14.5. The van der Waals surface area contributed by atoms with E-state index in [0.29, 0.717) is 26.0 Å². The lowest BCUT2D eigenvalue weighted by Gasteiger charge is -2.27. The van der Waals surface area contributed by atoms with Crippen LogP contribution in [0.25, 0.3) is 0 Å². The Bertz CT molecular complexity index is 309. The molecule has 19 heavy (non-hydrogen) atoms. The minimum atomic E-state index is -0.767. The standard InChI is InChI=1S/C13H24N2O4/c1-3-19-9(2)8-14-13(18)15-11-6-4-5-10(7-11)12(16)17/h9-11H,3-8H2,1-2H3,(H,16,17)(H2,14,15,18). The van der Waals surface area contributed by atoms with E-state index in [4.69, 9.17) is 9.84 Å². The van der Waals surface area contributed by atoms with Gasteiger partial charge < -0.3 is 20.5 Å². The second-order valence-corrected chi connectivity index (χ2v) is 5.02. The summed E-state index contributed by atoms with van der Waals surface area (Å²) in [6, 6.07) is -0.292. The lowest BCUT2D eigenvalue weighted by molar-refractivity contribution is -0.143. The van der Waals surface area contributed by atoms with Crippen LogP contribution in [-0.4, -0.2) is 42.4 Å². The van der Waals surface area contributed by atoms with Gasteiger partial charge in [-0.1, -0.05) is 6.42 Å². The van der Waals surface area contributed by atoms with Crippen LogP contribution >= 0.6 is 0 Å². The summed E-state index contributed by atoms with van der Waals surface area (Å²) in [6.45, 7) is 4.87. The first-order chi connectivity index (χ1) is 9.02. The van der Waals surface area contributed by atoms with Crippen LogP contribution in [0.15, 0.2) is 0 Å². The molecule has 1 fully saturated rings. The van der Waals surface area contributed by atoms with Gasteiger partial charge in [-0.3, -0.25) is 4.79 Å². The van der Waals surface area contributed by atoms with Crippen LogP contribution in [-0.2, 0) is 9.53 Å². The normalized spacial score (nSPS) is 24.5. The summed E-state index contributed by atoms with van der Waals surface area (Å²) in [6.07, 6.45) is 2.89. The number of urea groups is 1. The number of hydrogen-bond acceptors (Lipinski definition) is 3. The monoisotopic (exact) mass is 272 g/mol. The number of nitrogens with one attached hydrogen (secondary N) is 2. The van der Waals surface area contributed by atoms with Crippen molar-refractivity contribution in [2.45, 2.75) is 51.7 Å². The zero-order chi connectivity index (χ0) is 14.3. The minimum absolute atomic E-state index is 0.0196. The van der Waals surface area contributed by atoms with Crippen LogP contribution in [0.4, 0.5) is 4.79 Å². The highest BCUT2D eigenvalue weighted by molar-refractivity contribution is 5.74. The fraction of sp³-hybridized carbons (Fsp3) is 0.846. The Morgan fingerprint density at radius 3 is 2.79 bits per heavy atom. The Kier molecular flexibility index (Phi) is 6.62. The molecule has 0 saturated heterocycles. The third kappa shape index (κ3) is 5.92. The van der Waals surface area contributed by atoms with Gasteiger partial charge in [0.1, 0.15) is 0 Å². The van der Waals surface area contributed by atoms with Crippen molar-refractivity contribution in [2.75, 3.05) is 13.2 Å². The summed E-state index contributed by atoms with van der Waals surface area (Å²) in [5.74, 6) is -1.10. The van der Waals surface area contributed by atoms with Gasteiger partial charge in [0.05, 0.1) is 12.0 Å². The molecule has 6 heteroatoms. The van der Waals surface area contributed by atoms with Crippen molar-refractivity contribution < 1.29 is 19.4 Å². The topological polar surface area (TPSA) is 87.7 Å². The number of carboxylic acids is 1. The molecule has 0 radical (unpaired) electrons. The summed E-state index contributed by atoms with van der Waals surface area (Å²) < 4.78 is 5.31. The number of hydrogen-bond donors (Lipinski definition) is 3. The van der Waals surface area contributed by atoms with E-state index in [2.05, 4.69) is 10.6 Å². The summed E-state index contributed by atoms with van der Waals surface area (Å²) in [4.78, 5) is 22.6. The number of aliphatic carboxylic acids is 1. The van der Waals surface area contributed by atoms with Gasteiger partial charge in [0.2, 0.25) is 0 Å². The first-order valence-corrected chi connectivity index (χ1v) is 6.91. The van der Waals surface area contributed by atoms with Crippen molar-refractivity contribution in [1.29, 1.82) is 0 Å². The van der Waals surface area contributed by atoms with Gasteiger partial charge in [-0.25, -0.2) is 4.79 Å². The Morgan fingerprint density at radius 2 is 2.16 bits per heavy atom. The van der Waals surface area contributed by atoms with E-state index in [-0.39, 0.29) is 24.1 Å². The molecule has 3 unspecified atom stereocenters. The van der Waals surface area contributed by atoms with E-state index < -0.39 is 5.97 Å². The Labute approximate surface area is 113 Å². The van der Waals surface area contributed by atoms with Crippen LogP contribution in [0, 0.1) is 5.92 Å². The predicted molar refractivity (Wildman–Crippen MR) is 71.0 cm³/mol. The fourth-order valence-corrected chi connectivity index (χ4v) is 2.36. The molecule has 1 aliphatic rings. The highest BCUT2D eigenvalue weighted by atomic mass is 16.5. The lowest BCUT2D eigenvalue weighted by atomic mass is 9.86. The van der Waals surface area contributed by atoms with E-state index in [1.54, 1.807) is 0 Å². The molecule has 0 aromatic carbocycles. The van der Waals surface area contributed by atoms with E-state index in [1.807, 2.05) is 13.8 Å². The van der Waals surface area contributed by atoms with Crippen LogP contribution in [0.3, 0.4) is 0 Å². The maximum absolute atomic E-state index is 11.7. The molecule has 2 amide bonds. The van der Waals surface area contributed by atoms with Crippen molar-refractivity contribution in [3.63, 3.8) is 0 Å². The predicted octanol–water partition coefficient (Wildman–Crippen LogP) is 1.35. The molecule has 6 nitrogen and oxygen atoms in total. The largest absolute Gasteiger partial charge is 0.481 e. The number of carbonyl (C=O) groups excluding carboxylic acids is 1. The van der Waals surface area contributed by atoms with Crippen molar-refractivity contribution in [3.05, 3.63) is 0 Å². The van der Waals surface area contributed by atoms with E-state index in [9.17, 15) is 9.59 Å². The molecular formula is C13H24N2O4. The summed E-state index contributed by atoms with van der Waals surface area (Å²) in [5.41, 5.74) is 0. The summed E-state index contributed by atoms with van der Waals surface area (Å²) in [7, 11) is 0. The maximum atomic E-state index is 11.7. The van der Waals surface area contributed by atoms with Crippen LogP contribution in [0.5, 0.6) is 0 Å². The molecular weight excluding hydrogens is 248 g/mol. The van der Waals surface area contributed by atoms with Gasteiger partial charge in [-0.05, 0) is 33.1 Å². The third-order valence-corrected chi connectivity index (χ3v) is 3.36. The average molecular weight is 272 g/mol. The fourth-order valence-electron chi connectivity index (χ4n) is 2.36. The van der Waals surface area contributed by atoms with Crippen molar-refractivity contribution in [3.8, 4) is 0 Å². The van der Waals surface area contributed by atoms with Crippen molar-refractivity contribution in [1.82, 2.24) is 10.6 Å². The summed E-state index contributed by atoms with van der Waals surface area (Å²) >= 11 is 0. The molecule has 0 aromatic heterocycles. The molecule has 110 valence electrons. The number of rotatable bonds is 6. The first-order valence-electron chi connectivity index (χ1n) is 6.91. The highest BCUT2D eigenvalue weighted by Crippen LogP contribution is 2.24. The van der Waals surface area contributed by atoms with Crippen LogP contribution < -0.4 is 10.6 Å². The first kappa shape index (κ1) is 15.8. The van der Waals surface area contributed by atoms with Gasteiger partial charge in [-0.2, -0.15) is 0 Å². The lowest BCUT2D eigenvalue weighted by Crippen LogP contribution is -2.46. The van der Waals surface area contributed by atoms with E-state index in [1.165, 1.54) is 0 Å². The maximum Gasteiger partial charge on any atom is 0.315 e. The molecule has 0 aliphatic heterocycles. The number of ether oxygens (including phenoxy) is 1. The van der Waals surface area contributed by atoms with E-state index in [0.717, 1.165) is 12.8 Å². The Morgan fingerprint density at radius 1 is 1.42 bits per heavy atom. The number of amides is 2. The van der Waals surface area contributed by atoms with Gasteiger partial charge in [0, 0.05) is 19.2 Å². The van der Waals surface area contributed by atoms with E-state index >= 15 is 0 Å². The molecule has 1 rings (SSSR count). The minimum Gasteiger partial charge on any atom is -0.481 e. The van der Waals surface area contributed by atoms with Crippen molar-refractivity contribution >= 4 is 12.0 Å². The third-order valence-electron chi connectivity index (χ3n) is 3.36. The highest BCUT2D eigenvalue weighted by Gasteiger charge is 2.27. The second-order valence-electron chi connectivity index (χ2n) is 5.02. The quantitative estimate of drug-likeness (QED) is 0.681. The molecule has 3 atom stereocenters. The SMILES string of the molecule is CCOC(C)CNC(=O)NC1CCCC(C(=O)O)C1. The van der Waals surface area contributed by atoms with Crippen molar-refractivity contribution in [2.24, 2.45) is 5.92 Å².